The average molecular weight is 470 g/mol. The third kappa shape index (κ3) is 4.69. The van der Waals surface area contributed by atoms with Crippen molar-refractivity contribution in [2.75, 3.05) is 7.05 Å². The zero-order valence-corrected chi connectivity index (χ0v) is 17.9. The lowest BCUT2D eigenvalue weighted by molar-refractivity contribution is 0.460. The van der Waals surface area contributed by atoms with Gasteiger partial charge in [-0.05, 0) is 56.7 Å². The summed E-state index contributed by atoms with van der Waals surface area (Å²) in [4.78, 5) is 8.59. The third-order valence-corrected chi connectivity index (χ3v) is 4.76. The number of hydrogen-bond donors (Lipinski definition) is 3. The quantitative estimate of drug-likeness (QED) is 0.363. The largest absolute Gasteiger partial charge is 0.508 e. The summed E-state index contributed by atoms with van der Waals surface area (Å²) in [7, 11) is 1.72. The molecule has 1 aromatic heterocycles. The Morgan fingerprint density at radius 1 is 1.19 bits per heavy atom. The highest BCUT2D eigenvalue weighted by Crippen LogP contribution is 2.30. The van der Waals surface area contributed by atoms with E-state index < -0.39 is 0 Å². The molecule has 0 bridgehead atoms. The van der Waals surface area contributed by atoms with Crippen molar-refractivity contribution in [3.8, 4) is 5.75 Å². The number of nitrogens with one attached hydrogen (secondary N) is 2. The number of aromatic hydroxyl groups is 1. The van der Waals surface area contributed by atoms with E-state index in [1.807, 2.05) is 19.9 Å². The Morgan fingerprint density at radius 2 is 1.92 bits per heavy atom. The lowest BCUT2D eigenvalue weighted by atomic mass is 9.88. The van der Waals surface area contributed by atoms with Gasteiger partial charge in [-0.1, -0.05) is 6.07 Å². The summed E-state index contributed by atoms with van der Waals surface area (Å²) in [5, 5.41) is 16.7. The number of hydrogen-bond acceptors (Lipinski definition) is 4. The minimum Gasteiger partial charge on any atom is -0.508 e. The number of oxazole rings is 1. The number of phenolic OH excluding ortho intramolecular Hbond substituents is 1. The van der Waals surface area contributed by atoms with E-state index in [1.54, 1.807) is 13.1 Å². The predicted molar refractivity (Wildman–Crippen MR) is 113 cm³/mol. The van der Waals surface area contributed by atoms with E-state index >= 15 is 0 Å². The molecular formula is C19H27IN4O2. The van der Waals surface area contributed by atoms with Crippen molar-refractivity contribution >= 4 is 29.9 Å². The van der Waals surface area contributed by atoms with Gasteiger partial charge in [0.25, 0.3) is 0 Å². The first-order valence-corrected chi connectivity index (χ1v) is 8.78. The lowest BCUT2D eigenvalue weighted by Gasteiger charge is -2.21. The summed E-state index contributed by atoms with van der Waals surface area (Å²) in [5.41, 5.74) is 4.52. The van der Waals surface area contributed by atoms with E-state index in [1.165, 1.54) is 24.0 Å². The van der Waals surface area contributed by atoms with E-state index in [-0.39, 0.29) is 24.0 Å². The number of aryl methyl sites for hydroxylation is 3. The first kappa shape index (κ1) is 20.5. The van der Waals surface area contributed by atoms with Gasteiger partial charge >= 0.3 is 0 Å². The molecule has 0 amide bonds. The van der Waals surface area contributed by atoms with Crippen molar-refractivity contribution < 1.29 is 9.52 Å². The Balaban J connectivity index is 0.00000243. The summed E-state index contributed by atoms with van der Waals surface area (Å²) < 4.78 is 5.57. The van der Waals surface area contributed by atoms with Crippen molar-refractivity contribution in [1.29, 1.82) is 0 Å². The summed E-state index contributed by atoms with van der Waals surface area (Å²) in [6.45, 7) is 4.84. The van der Waals surface area contributed by atoms with Gasteiger partial charge in [0.2, 0.25) is 5.89 Å². The first-order valence-electron chi connectivity index (χ1n) is 8.78. The Bertz CT molecular complexity index is 767. The van der Waals surface area contributed by atoms with Gasteiger partial charge in [-0.3, -0.25) is 4.99 Å². The average Bonchev–Trinajstić information content (AvgIpc) is 2.94. The molecule has 26 heavy (non-hydrogen) atoms. The minimum absolute atomic E-state index is 0. The maximum Gasteiger partial charge on any atom is 0.214 e. The fourth-order valence-corrected chi connectivity index (χ4v) is 3.26. The van der Waals surface area contributed by atoms with Gasteiger partial charge < -0.3 is 20.2 Å². The van der Waals surface area contributed by atoms with Crippen LogP contribution < -0.4 is 10.6 Å². The van der Waals surface area contributed by atoms with Crippen LogP contribution in [0.15, 0.2) is 21.5 Å². The first-order chi connectivity index (χ1) is 12.1. The van der Waals surface area contributed by atoms with Crippen molar-refractivity contribution in [1.82, 2.24) is 15.6 Å². The molecule has 0 saturated heterocycles. The second kappa shape index (κ2) is 9.25. The third-order valence-electron chi connectivity index (χ3n) is 4.76. The molecule has 0 atom stereocenters. The highest BCUT2D eigenvalue weighted by molar-refractivity contribution is 14.0. The second-order valence-electron chi connectivity index (χ2n) is 6.44. The maximum atomic E-state index is 10.3. The normalized spacial score (nSPS) is 13.7. The molecule has 3 N–H and O–H groups in total. The Hall–Kier alpha value is -1.77. The molecule has 2 aromatic rings. The van der Waals surface area contributed by atoms with Crippen LogP contribution >= 0.6 is 24.0 Å². The summed E-state index contributed by atoms with van der Waals surface area (Å²) >= 11 is 0. The van der Waals surface area contributed by atoms with Crippen LogP contribution in [0.3, 0.4) is 0 Å². The summed E-state index contributed by atoms with van der Waals surface area (Å²) in [6, 6.07) is 3.85. The number of guanidine groups is 1. The standard InChI is InChI=1S/C19H26N4O2.HI/c1-12-13(2)25-18(23-12)11-22-19(20-3)21-10-16-15-7-5-4-6-14(15)8-9-17(16)24;/h8-9,24H,4-7,10-11H2,1-3H3,(H2,20,21,22);1H. The number of benzene rings is 1. The van der Waals surface area contributed by atoms with E-state index in [0.717, 1.165) is 29.9 Å². The van der Waals surface area contributed by atoms with Gasteiger partial charge in [0.1, 0.15) is 11.5 Å². The fourth-order valence-electron chi connectivity index (χ4n) is 3.26. The maximum absolute atomic E-state index is 10.3. The highest BCUT2D eigenvalue weighted by Gasteiger charge is 2.16. The zero-order chi connectivity index (χ0) is 17.8. The Kier molecular flexibility index (Phi) is 7.31. The van der Waals surface area contributed by atoms with Gasteiger partial charge in [0, 0.05) is 19.2 Å². The van der Waals surface area contributed by atoms with Crippen molar-refractivity contribution in [3.63, 3.8) is 0 Å². The van der Waals surface area contributed by atoms with Crippen LogP contribution in [-0.4, -0.2) is 23.1 Å². The summed E-state index contributed by atoms with van der Waals surface area (Å²) in [5.74, 6) is 2.47. The number of fused-ring (bicyclic) bond motifs is 1. The number of aromatic nitrogens is 1. The van der Waals surface area contributed by atoms with E-state index in [9.17, 15) is 5.11 Å². The van der Waals surface area contributed by atoms with Crippen molar-refractivity contribution in [2.24, 2.45) is 4.99 Å². The van der Waals surface area contributed by atoms with Crippen LogP contribution in [0.2, 0.25) is 0 Å². The van der Waals surface area contributed by atoms with Crippen molar-refractivity contribution in [2.45, 2.75) is 52.6 Å². The SMILES string of the molecule is CN=C(NCc1nc(C)c(C)o1)NCc1c(O)ccc2c1CCCC2.I. The van der Waals surface area contributed by atoms with Crippen LogP contribution in [0.5, 0.6) is 5.75 Å². The number of halogens is 1. The minimum atomic E-state index is 0. The summed E-state index contributed by atoms with van der Waals surface area (Å²) in [6.07, 6.45) is 4.53. The fraction of sp³-hybridized carbons (Fsp3) is 0.474. The van der Waals surface area contributed by atoms with E-state index in [0.29, 0.717) is 30.7 Å². The molecule has 0 aliphatic heterocycles. The van der Waals surface area contributed by atoms with Crippen LogP contribution in [0.1, 0.15) is 46.9 Å². The number of rotatable bonds is 4. The number of phenols is 1. The van der Waals surface area contributed by atoms with Crippen LogP contribution in [0, 0.1) is 13.8 Å². The molecule has 1 aromatic carbocycles. The topological polar surface area (TPSA) is 82.7 Å². The number of nitrogens with zero attached hydrogens (tertiary/aromatic N) is 2. The molecule has 0 fully saturated rings. The molecular weight excluding hydrogens is 443 g/mol. The van der Waals surface area contributed by atoms with Crippen LogP contribution in [0.4, 0.5) is 0 Å². The molecule has 142 valence electrons. The van der Waals surface area contributed by atoms with E-state index in [2.05, 4.69) is 20.6 Å². The van der Waals surface area contributed by atoms with Gasteiger partial charge in [0.05, 0.1) is 12.2 Å². The lowest BCUT2D eigenvalue weighted by Crippen LogP contribution is -2.36. The highest BCUT2D eigenvalue weighted by atomic mass is 127. The van der Waals surface area contributed by atoms with Gasteiger partial charge in [-0.15, -0.1) is 24.0 Å². The molecule has 0 spiro atoms. The molecule has 3 rings (SSSR count). The van der Waals surface area contributed by atoms with Gasteiger partial charge in [0.15, 0.2) is 5.96 Å². The van der Waals surface area contributed by atoms with Crippen LogP contribution in [0.25, 0.3) is 0 Å². The number of aliphatic imine (C=N–C) groups is 1. The van der Waals surface area contributed by atoms with Crippen LogP contribution in [-0.2, 0) is 25.9 Å². The Morgan fingerprint density at radius 3 is 2.62 bits per heavy atom. The monoisotopic (exact) mass is 470 g/mol. The smallest absolute Gasteiger partial charge is 0.214 e. The van der Waals surface area contributed by atoms with E-state index in [4.69, 9.17) is 4.42 Å². The molecule has 6 nitrogen and oxygen atoms in total. The molecule has 1 aliphatic carbocycles. The molecule has 0 saturated carbocycles. The molecule has 1 aliphatic rings. The predicted octanol–water partition coefficient (Wildman–Crippen LogP) is 3.36. The molecule has 7 heteroatoms. The molecule has 0 radical (unpaired) electrons. The molecule has 1 heterocycles. The Labute approximate surface area is 171 Å². The van der Waals surface area contributed by atoms with Gasteiger partial charge in [-0.2, -0.15) is 0 Å². The second-order valence-corrected chi connectivity index (χ2v) is 6.44. The van der Waals surface area contributed by atoms with Gasteiger partial charge in [-0.25, -0.2) is 4.98 Å². The zero-order valence-electron chi connectivity index (χ0n) is 15.6. The molecule has 0 unspecified atom stereocenters. The van der Waals surface area contributed by atoms with Crippen molar-refractivity contribution in [3.05, 3.63) is 46.2 Å².